The van der Waals surface area contributed by atoms with Crippen molar-refractivity contribution in [1.29, 1.82) is 0 Å². The normalized spacial score (nSPS) is 12.3. The summed E-state index contributed by atoms with van der Waals surface area (Å²) in [4.78, 5) is 22.7. The molecule has 1 amide bonds. The summed E-state index contributed by atoms with van der Waals surface area (Å²) in [6.45, 7) is 0.00939. The van der Waals surface area contributed by atoms with Crippen molar-refractivity contribution in [2.45, 2.75) is 25.9 Å². The lowest BCUT2D eigenvalue weighted by atomic mass is 9.90. The van der Waals surface area contributed by atoms with Gasteiger partial charge in [-0.2, -0.15) is 0 Å². The van der Waals surface area contributed by atoms with E-state index in [4.69, 9.17) is 21.6 Å². The average molecular weight is 482 g/mol. The Hall–Kier alpha value is -3.80. The van der Waals surface area contributed by atoms with Crippen molar-refractivity contribution >= 4 is 35.5 Å². The van der Waals surface area contributed by atoms with E-state index in [0.717, 1.165) is 45.6 Å². The highest BCUT2D eigenvalue weighted by atomic mass is 35.5. The monoisotopic (exact) mass is 481 g/mol. The molecule has 1 aromatic heterocycles. The second kappa shape index (κ2) is 10.2. The second-order valence-electron chi connectivity index (χ2n) is 8.50. The zero-order valence-electron chi connectivity index (χ0n) is 19.0. The number of carbonyl (C=O) groups is 1. The summed E-state index contributed by atoms with van der Waals surface area (Å²) >= 11 is 5.97. The number of carbonyl (C=O) groups excluding carboxylic acids is 1. The SMILES string of the molecule is O=C(Cc1ccc(Cl)cc1)Nc1nc2c(nc1/C=C/c1ccccc1)-c1ccc(CO)cc1CC2. The lowest BCUT2D eigenvalue weighted by molar-refractivity contribution is -0.115. The summed E-state index contributed by atoms with van der Waals surface area (Å²) in [5, 5.41) is 13.1. The Bertz CT molecular complexity index is 1400. The number of anilines is 1. The summed E-state index contributed by atoms with van der Waals surface area (Å²) in [6, 6.07) is 23.1. The molecule has 0 spiro atoms. The van der Waals surface area contributed by atoms with Gasteiger partial charge in [-0.25, -0.2) is 9.97 Å². The predicted molar refractivity (Wildman–Crippen MR) is 140 cm³/mol. The molecule has 1 aliphatic rings. The third-order valence-electron chi connectivity index (χ3n) is 6.00. The fraction of sp³-hybridized carbons (Fsp3) is 0.138. The Labute approximate surface area is 209 Å². The summed E-state index contributed by atoms with van der Waals surface area (Å²) in [5.41, 5.74) is 7.21. The van der Waals surface area contributed by atoms with Crippen LogP contribution in [-0.2, 0) is 30.7 Å². The van der Waals surface area contributed by atoms with Crippen LogP contribution in [0.4, 0.5) is 5.82 Å². The zero-order chi connectivity index (χ0) is 24.2. The Morgan fingerprint density at radius 1 is 0.943 bits per heavy atom. The number of nitrogens with zero attached hydrogens (tertiary/aromatic N) is 2. The third kappa shape index (κ3) is 5.32. The van der Waals surface area contributed by atoms with Crippen molar-refractivity contribution in [3.05, 3.63) is 111 Å². The fourth-order valence-corrected chi connectivity index (χ4v) is 4.35. The minimum Gasteiger partial charge on any atom is -0.392 e. The van der Waals surface area contributed by atoms with Gasteiger partial charge in [0.2, 0.25) is 5.91 Å². The molecule has 5 nitrogen and oxygen atoms in total. The van der Waals surface area contributed by atoms with Crippen molar-refractivity contribution in [3.63, 3.8) is 0 Å². The van der Waals surface area contributed by atoms with Gasteiger partial charge in [0.15, 0.2) is 5.82 Å². The van der Waals surface area contributed by atoms with E-state index in [9.17, 15) is 9.90 Å². The fourth-order valence-electron chi connectivity index (χ4n) is 4.22. The number of hydrogen-bond donors (Lipinski definition) is 2. The molecule has 0 radical (unpaired) electrons. The van der Waals surface area contributed by atoms with E-state index in [1.54, 1.807) is 12.1 Å². The average Bonchev–Trinajstić information content (AvgIpc) is 2.89. The van der Waals surface area contributed by atoms with Gasteiger partial charge in [-0.1, -0.05) is 78.3 Å². The number of benzene rings is 3. The van der Waals surface area contributed by atoms with Crippen molar-refractivity contribution in [1.82, 2.24) is 9.97 Å². The molecule has 2 N–H and O–H groups in total. The Balaban J connectivity index is 1.50. The molecule has 6 heteroatoms. The Kier molecular flexibility index (Phi) is 6.70. The van der Waals surface area contributed by atoms with E-state index in [1.807, 2.05) is 72.8 Å². The van der Waals surface area contributed by atoms with Crippen LogP contribution >= 0.6 is 11.6 Å². The molecule has 1 heterocycles. The summed E-state index contributed by atoms with van der Waals surface area (Å²) in [5.74, 6) is 0.282. The van der Waals surface area contributed by atoms with Crippen molar-refractivity contribution < 1.29 is 9.90 Å². The van der Waals surface area contributed by atoms with Crippen LogP contribution in [0.15, 0.2) is 72.8 Å². The first-order chi connectivity index (χ1) is 17.1. The first-order valence-corrected chi connectivity index (χ1v) is 11.9. The van der Waals surface area contributed by atoms with Crippen molar-refractivity contribution in [2.75, 3.05) is 5.32 Å². The number of aliphatic hydroxyl groups excluding tert-OH is 1. The molecule has 5 rings (SSSR count). The van der Waals surface area contributed by atoms with E-state index in [-0.39, 0.29) is 18.9 Å². The van der Waals surface area contributed by atoms with E-state index in [1.165, 1.54) is 0 Å². The topological polar surface area (TPSA) is 75.1 Å². The molecule has 0 saturated heterocycles. The number of aliphatic hydroxyl groups is 1. The van der Waals surface area contributed by atoms with Gasteiger partial charge in [0, 0.05) is 10.6 Å². The number of amides is 1. The van der Waals surface area contributed by atoms with Gasteiger partial charge < -0.3 is 10.4 Å². The molecule has 0 saturated carbocycles. The van der Waals surface area contributed by atoms with Gasteiger partial charge >= 0.3 is 0 Å². The smallest absolute Gasteiger partial charge is 0.230 e. The maximum Gasteiger partial charge on any atom is 0.230 e. The van der Waals surface area contributed by atoms with Gasteiger partial charge in [0.05, 0.1) is 24.4 Å². The highest BCUT2D eigenvalue weighted by molar-refractivity contribution is 6.30. The van der Waals surface area contributed by atoms with E-state index in [0.29, 0.717) is 23.0 Å². The van der Waals surface area contributed by atoms with E-state index < -0.39 is 0 Å². The number of nitrogens with one attached hydrogen (secondary N) is 1. The molecule has 1 aliphatic carbocycles. The summed E-state index contributed by atoms with van der Waals surface area (Å²) in [6.07, 6.45) is 5.58. The lowest BCUT2D eigenvalue weighted by Crippen LogP contribution is -2.19. The predicted octanol–water partition coefficient (Wildman–Crippen LogP) is 5.74. The van der Waals surface area contributed by atoms with Gasteiger partial charge in [-0.3, -0.25) is 4.79 Å². The first-order valence-electron chi connectivity index (χ1n) is 11.5. The number of halogens is 1. The summed E-state index contributed by atoms with van der Waals surface area (Å²) < 4.78 is 0. The molecule has 174 valence electrons. The Morgan fingerprint density at radius 2 is 1.71 bits per heavy atom. The van der Waals surface area contributed by atoms with E-state index >= 15 is 0 Å². The number of fused-ring (bicyclic) bond motifs is 3. The minimum absolute atomic E-state index is 0.00939. The van der Waals surface area contributed by atoms with Crippen LogP contribution in [0, 0.1) is 0 Å². The van der Waals surface area contributed by atoms with E-state index in [2.05, 4.69) is 5.32 Å². The molecule has 0 aliphatic heterocycles. The molecule has 0 bridgehead atoms. The van der Waals surface area contributed by atoms with Crippen LogP contribution in [0.5, 0.6) is 0 Å². The van der Waals surface area contributed by atoms with Crippen molar-refractivity contribution in [3.8, 4) is 11.3 Å². The number of aromatic nitrogens is 2. The summed E-state index contributed by atoms with van der Waals surface area (Å²) in [7, 11) is 0. The minimum atomic E-state index is -0.167. The van der Waals surface area contributed by atoms with Crippen LogP contribution in [0.3, 0.4) is 0 Å². The molecular weight excluding hydrogens is 458 g/mol. The quantitative estimate of drug-likeness (QED) is 0.368. The number of hydrogen-bond acceptors (Lipinski definition) is 4. The molecule has 0 unspecified atom stereocenters. The number of aryl methyl sites for hydroxylation is 2. The van der Waals surface area contributed by atoms with Crippen LogP contribution in [0.2, 0.25) is 5.02 Å². The Morgan fingerprint density at radius 3 is 2.49 bits per heavy atom. The lowest BCUT2D eigenvalue weighted by Gasteiger charge is -2.21. The van der Waals surface area contributed by atoms with Gasteiger partial charge in [-0.15, -0.1) is 0 Å². The van der Waals surface area contributed by atoms with Gasteiger partial charge in [0.25, 0.3) is 0 Å². The molecular formula is C29H24ClN3O2. The maximum absolute atomic E-state index is 12.9. The first kappa shape index (κ1) is 23.0. The largest absolute Gasteiger partial charge is 0.392 e. The number of rotatable bonds is 6. The van der Waals surface area contributed by atoms with Crippen LogP contribution in [-0.4, -0.2) is 21.0 Å². The molecule has 0 fully saturated rings. The zero-order valence-corrected chi connectivity index (χ0v) is 19.8. The standard InChI is InChI=1S/C29H24ClN3O2/c30-23-11-6-20(7-12-23)17-27(35)33-29-26(14-9-19-4-2-1-3-5-19)31-28-24-13-8-21(18-34)16-22(24)10-15-25(28)32-29/h1-9,11-14,16,34H,10,15,17-18H2,(H,32,33,35)/b14-9+. The van der Waals surface area contributed by atoms with Gasteiger partial charge in [0.1, 0.15) is 5.69 Å². The van der Waals surface area contributed by atoms with Gasteiger partial charge in [-0.05, 0) is 53.3 Å². The maximum atomic E-state index is 12.9. The second-order valence-corrected chi connectivity index (χ2v) is 8.93. The van der Waals surface area contributed by atoms with Crippen LogP contribution in [0.25, 0.3) is 23.4 Å². The highest BCUT2D eigenvalue weighted by Crippen LogP contribution is 2.34. The molecule has 4 aromatic rings. The van der Waals surface area contributed by atoms with Crippen molar-refractivity contribution in [2.24, 2.45) is 0 Å². The molecule has 3 aromatic carbocycles. The van der Waals surface area contributed by atoms with Crippen LogP contribution < -0.4 is 5.32 Å². The third-order valence-corrected chi connectivity index (χ3v) is 6.25. The molecule has 0 atom stereocenters. The molecule has 35 heavy (non-hydrogen) atoms. The highest BCUT2D eigenvalue weighted by Gasteiger charge is 2.22. The van der Waals surface area contributed by atoms with Crippen LogP contribution in [0.1, 0.15) is 33.6 Å².